The fraction of sp³-hybridized carbons (Fsp3) is 0.524. The second-order valence-corrected chi connectivity index (χ2v) is 7.18. The number of nitrogens with zero attached hydrogens (tertiary/aromatic N) is 3. The molecule has 1 aliphatic rings. The number of hydrogen-bond acceptors (Lipinski definition) is 3. The fourth-order valence-corrected chi connectivity index (χ4v) is 4.10. The first kappa shape index (κ1) is 21.5. The maximum Gasteiger partial charge on any atom is 0.228 e. The van der Waals surface area contributed by atoms with Crippen molar-refractivity contribution in [1.82, 2.24) is 20.0 Å². The van der Waals surface area contributed by atoms with Gasteiger partial charge in [0.05, 0.1) is 18.2 Å². The van der Waals surface area contributed by atoms with Gasteiger partial charge < -0.3 is 10.2 Å². The highest BCUT2D eigenvalue weighted by Crippen LogP contribution is 2.33. The highest BCUT2D eigenvalue weighted by Gasteiger charge is 2.38. The number of nitrogens with one attached hydrogen (secondary N) is 1. The van der Waals surface area contributed by atoms with E-state index in [9.17, 15) is 4.79 Å². The molecule has 1 aliphatic heterocycles. The van der Waals surface area contributed by atoms with E-state index in [4.69, 9.17) is 0 Å². The second-order valence-electron chi connectivity index (χ2n) is 7.18. The van der Waals surface area contributed by atoms with Crippen LogP contribution in [0.3, 0.4) is 0 Å². The molecule has 2 heterocycles. The average molecular weight is 391 g/mol. The predicted molar refractivity (Wildman–Crippen MR) is 111 cm³/mol. The van der Waals surface area contributed by atoms with E-state index in [2.05, 4.69) is 53.4 Å². The summed E-state index contributed by atoms with van der Waals surface area (Å²) in [5.74, 6) is 0.439. The van der Waals surface area contributed by atoms with Crippen molar-refractivity contribution in [3.05, 3.63) is 53.9 Å². The summed E-state index contributed by atoms with van der Waals surface area (Å²) in [5.41, 5.74) is 2.38. The standard InChI is InChI=1S/C21H30N4O.ClH/c1-4-11-25(20(5-2)16-9-7-6-8-10-16)21(26)19-14-22-13-18(19)17-12-23-24(3)15-17;/h6-10,12,15,18-20,22H,4-5,11,13-14H2,1-3H3;1H/t18-,19+,20?;/m1./s1. The van der Waals surface area contributed by atoms with Gasteiger partial charge in [-0.15, -0.1) is 12.4 Å². The Kier molecular flexibility index (Phi) is 7.87. The van der Waals surface area contributed by atoms with Crippen LogP contribution in [0.2, 0.25) is 0 Å². The first-order valence-corrected chi connectivity index (χ1v) is 9.70. The molecule has 1 unspecified atom stereocenters. The minimum atomic E-state index is -0.0245. The third kappa shape index (κ3) is 4.71. The van der Waals surface area contributed by atoms with Crippen molar-refractivity contribution in [2.75, 3.05) is 19.6 Å². The molecule has 3 rings (SSSR count). The van der Waals surface area contributed by atoms with Crippen LogP contribution in [0.25, 0.3) is 0 Å². The molecule has 1 aromatic heterocycles. The number of hydrogen-bond donors (Lipinski definition) is 1. The Bertz CT molecular complexity index is 718. The number of aromatic nitrogens is 2. The van der Waals surface area contributed by atoms with Crippen molar-refractivity contribution in [1.29, 1.82) is 0 Å². The molecular weight excluding hydrogens is 360 g/mol. The number of benzene rings is 1. The Hall–Kier alpha value is -1.85. The summed E-state index contributed by atoms with van der Waals surface area (Å²) in [6.45, 7) is 6.68. The monoisotopic (exact) mass is 390 g/mol. The SMILES string of the molecule is CCCN(C(=O)[C@H]1CNC[C@@H]1c1cnn(C)c1)C(CC)c1ccccc1.Cl. The predicted octanol–water partition coefficient (Wildman–Crippen LogP) is 3.53. The maximum absolute atomic E-state index is 13.6. The quantitative estimate of drug-likeness (QED) is 0.786. The summed E-state index contributed by atoms with van der Waals surface area (Å²) in [6.07, 6.45) is 5.83. The van der Waals surface area contributed by atoms with E-state index in [1.807, 2.05) is 30.2 Å². The van der Waals surface area contributed by atoms with Gasteiger partial charge in [-0.2, -0.15) is 5.10 Å². The number of carbonyl (C=O) groups excluding carboxylic acids is 1. The van der Waals surface area contributed by atoms with E-state index in [0.717, 1.165) is 38.0 Å². The molecule has 5 nitrogen and oxygen atoms in total. The Morgan fingerprint density at radius 1 is 1.30 bits per heavy atom. The molecular formula is C21H31ClN4O. The smallest absolute Gasteiger partial charge is 0.228 e. The van der Waals surface area contributed by atoms with Crippen molar-refractivity contribution < 1.29 is 4.79 Å². The van der Waals surface area contributed by atoms with E-state index < -0.39 is 0 Å². The molecule has 1 aromatic carbocycles. The zero-order valence-electron chi connectivity index (χ0n) is 16.5. The van der Waals surface area contributed by atoms with Crippen LogP contribution in [0.1, 0.15) is 49.8 Å². The summed E-state index contributed by atoms with van der Waals surface area (Å²) in [7, 11) is 1.93. The molecule has 3 atom stereocenters. The van der Waals surface area contributed by atoms with E-state index >= 15 is 0 Å². The molecule has 1 N–H and O–H groups in total. The highest BCUT2D eigenvalue weighted by atomic mass is 35.5. The number of carbonyl (C=O) groups is 1. The van der Waals surface area contributed by atoms with Crippen molar-refractivity contribution in [2.24, 2.45) is 13.0 Å². The molecule has 27 heavy (non-hydrogen) atoms. The van der Waals surface area contributed by atoms with Crippen LogP contribution in [0.4, 0.5) is 0 Å². The molecule has 6 heteroatoms. The lowest BCUT2D eigenvalue weighted by atomic mass is 9.88. The maximum atomic E-state index is 13.6. The third-order valence-electron chi connectivity index (χ3n) is 5.38. The minimum absolute atomic E-state index is 0. The first-order chi connectivity index (χ1) is 12.7. The van der Waals surface area contributed by atoms with Gasteiger partial charge in [-0.25, -0.2) is 0 Å². The summed E-state index contributed by atoms with van der Waals surface area (Å²) in [6, 6.07) is 10.6. The van der Waals surface area contributed by atoms with Gasteiger partial charge in [0.1, 0.15) is 0 Å². The normalized spacial score (nSPS) is 20.1. The summed E-state index contributed by atoms with van der Waals surface area (Å²) < 4.78 is 1.82. The Labute approximate surface area is 168 Å². The summed E-state index contributed by atoms with van der Waals surface area (Å²) in [4.78, 5) is 15.7. The Morgan fingerprint density at radius 2 is 2.04 bits per heavy atom. The van der Waals surface area contributed by atoms with Crippen molar-refractivity contribution in [3.63, 3.8) is 0 Å². The van der Waals surface area contributed by atoms with Gasteiger partial charge in [0, 0.05) is 38.8 Å². The first-order valence-electron chi connectivity index (χ1n) is 9.70. The van der Waals surface area contributed by atoms with Crippen molar-refractivity contribution >= 4 is 18.3 Å². The lowest BCUT2D eigenvalue weighted by Gasteiger charge is -2.34. The van der Waals surface area contributed by atoms with Crippen LogP contribution in [0, 0.1) is 5.92 Å². The van der Waals surface area contributed by atoms with Crippen LogP contribution in [-0.2, 0) is 11.8 Å². The molecule has 148 valence electrons. The lowest BCUT2D eigenvalue weighted by molar-refractivity contribution is -0.138. The van der Waals surface area contributed by atoms with Gasteiger partial charge in [0.25, 0.3) is 0 Å². The number of aryl methyl sites for hydroxylation is 1. The Morgan fingerprint density at radius 3 is 2.63 bits per heavy atom. The average Bonchev–Trinajstić information content (AvgIpc) is 3.30. The largest absolute Gasteiger partial charge is 0.335 e. The van der Waals surface area contributed by atoms with Gasteiger partial charge in [-0.1, -0.05) is 44.2 Å². The van der Waals surface area contributed by atoms with Crippen LogP contribution in [0.15, 0.2) is 42.7 Å². The zero-order valence-corrected chi connectivity index (χ0v) is 17.3. The lowest BCUT2D eigenvalue weighted by Crippen LogP contribution is -2.41. The molecule has 1 amide bonds. The summed E-state index contributed by atoms with van der Waals surface area (Å²) >= 11 is 0. The van der Waals surface area contributed by atoms with E-state index in [0.29, 0.717) is 0 Å². The molecule has 0 radical (unpaired) electrons. The van der Waals surface area contributed by atoms with Gasteiger partial charge in [-0.05, 0) is 24.0 Å². The van der Waals surface area contributed by atoms with Crippen LogP contribution in [0.5, 0.6) is 0 Å². The molecule has 1 fully saturated rings. The van der Waals surface area contributed by atoms with Crippen LogP contribution < -0.4 is 5.32 Å². The van der Waals surface area contributed by atoms with Crippen LogP contribution >= 0.6 is 12.4 Å². The van der Waals surface area contributed by atoms with Crippen LogP contribution in [-0.4, -0.2) is 40.2 Å². The Balaban J connectivity index is 0.00000261. The van der Waals surface area contributed by atoms with Gasteiger partial charge in [0.15, 0.2) is 0 Å². The van der Waals surface area contributed by atoms with Gasteiger partial charge in [-0.3, -0.25) is 9.48 Å². The molecule has 2 aromatic rings. The molecule has 0 aliphatic carbocycles. The van der Waals surface area contributed by atoms with E-state index in [1.54, 1.807) is 0 Å². The number of rotatable bonds is 7. The summed E-state index contributed by atoms with van der Waals surface area (Å²) in [5, 5.41) is 7.72. The zero-order chi connectivity index (χ0) is 18.5. The molecule has 0 saturated carbocycles. The fourth-order valence-electron chi connectivity index (χ4n) is 4.10. The molecule has 1 saturated heterocycles. The van der Waals surface area contributed by atoms with Crippen molar-refractivity contribution in [3.8, 4) is 0 Å². The van der Waals surface area contributed by atoms with Gasteiger partial charge >= 0.3 is 0 Å². The van der Waals surface area contributed by atoms with Crippen molar-refractivity contribution in [2.45, 2.75) is 38.6 Å². The molecule has 0 spiro atoms. The van der Waals surface area contributed by atoms with E-state index in [1.165, 1.54) is 5.56 Å². The van der Waals surface area contributed by atoms with Gasteiger partial charge in [0.2, 0.25) is 5.91 Å². The molecule has 0 bridgehead atoms. The minimum Gasteiger partial charge on any atom is -0.335 e. The topological polar surface area (TPSA) is 50.2 Å². The van der Waals surface area contributed by atoms with E-state index in [-0.39, 0.29) is 36.2 Å². The third-order valence-corrected chi connectivity index (χ3v) is 5.38. The second kappa shape index (κ2) is 9.90. The number of halogens is 1. The highest BCUT2D eigenvalue weighted by molar-refractivity contribution is 5.85. The number of amides is 1.